The van der Waals surface area contributed by atoms with Crippen molar-refractivity contribution in [3.05, 3.63) is 70.2 Å². The summed E-state index contributed by atoms with van der Waals surface area (Å²) in [6.45, 7) is 2.98. The van der Waals surface area contributed by atoms with Gasteiger partial charge in [-0.3, -0.25) is 14.9 Å². The van der Waals surface area contributed by atoms with Crippen LogP contribution < -0.4 is 10.2 Å². The van der Waals surface area contributed by atoms with Crippen molar-refractivity contribution in [2.45, 2.75) is 37.5 Å². The van der Waals surface area contributed by atoms with Crippen molar-refractivity contribution in [2.24, 2.45) is 5.92 Å². The summed E-state index contributed by atoms with van der Waals surface area (Å²) < 4.78 is 0. The smallest absolute Gasteiger partial charge is 0.258 e. The molecular weight excluding hydrogens is 438 g/mol. The highest BCUT2D eigenvalue weighted by Crippen LogP contribution is 2.33. The third-order valence-electron chi connectivity index (χ3n) is 6.08. The van der Waals surface area contributed by atoms with Crippen molar-refractivity contribution in [3.63, 3.8) is 0 Å². The Morgan fingerprint density at radius 3 is 2.88 bits per heavy atom. The number of aryl methyl sites for hydroxylation is 1. The number of carbonyl (C=O) groups is 2. The Kier molecular flexibility index (Phi) is 6.02. The second-order valence-corrected chi connectivity index (χ2v) is 10.5. The van der Waals surface area contributed by atoms with E-state index in [0.29, 0.717) is 28.9 Å². The summed E-state index contributed by atoms with van der Waals surface area (Å²) in [6, 6.07) is 15.5. The lowest BCUT2D eigenvalue weighted by Gasteiger charge is -2.17. The number of amides is 2. The van der Waals surface area contributed by atoms with Crippen molar-refractivity contribution < 1.29 is 9.59 Å². The topological polar surface area (TPSA) is 62.3 Å². The molecule has 0 saturated carbocycles. The van der Waals surface area contributed by atoms with Crippen LogP contribution in [0.1, 0.15) is 39.8 Å². The third kappa shape index (κ3) is 4.32. The molecule has 1 N–H and O–H groups in total. The number of nitrogens with one attached hydrogen (secondary N) is 1. The number of nitrogens with zero attached hydrogens (tertiary/aromatic N) is 2. The molecule has 0 saturated heterocycles. The zero-order valence-electron chi connectivity index (χ0n) is 18.0. The summed E-state index contributed by atoms with van der Waals surface area (Å²) in [5.41, 5.74) is 3.92. The Labute approximate surface area is 196 Å². The number of fused-ring (bicyclic) bond motifs is 2. The number of anilines is 2. The maximum atomic E-state index is 13.0. The molecule has 32 heavy (non-hydrogen) atoms. The van der Waals surface area contributed by atoms with Gasteiger partial charge in [-0.15, -0.1) is 23.1 Å². The minimum Gasteiger partial charge on any atom is -0.311 e. The van der Waals surface area contributed by atoms with Crippen LogP contribution in [0.5, 0.6) is 0 Å². The molecule has 2 heterocycles. The molecule has 0 fully saturated rings. The molecule has 164 valence electrons. The summed E-state index contributed by atoms with van der Waals surface area (Å²) in [7, 11) is 0. The Hall–Kier alpha value is -2.64. The summed E-state index contributed by atoms with van der Waals surface area (Å²) in [5.74, 6) is 0.856. The van der Waals surface area contributed by atoms with Crippen LogP contribution in [-0.4, -0.2) is 29.1 Å². The van der Waals surface area contributed by atoms with Crippen molar-refractivity contribution in [1.82, 2.24) is 4.98 Å². The molecule has 7 heteroatoms. The molecule has 1 unspecified atom stereocenters. The van der Waals surface area contributed by atoms with Crippen LogP contribution in [0.15, 0.2) is 53.4 Å². The first kappa shape index (κ1) is 21.2. The van der Waals surface area contributed by atoms with E-state index in [1.807, 2.05) is 47.4 Å². The quantitative estimate of drug-likeness (QED) is 0.528. The van der Waals surface area contributed by atoms with Gasteiger partial charge in [-0.05, 0) is 55.4 Å². The highest BCUT2D eigenvalue weighted by Gasteiger charge is 2.25. The summed E-state index contributed by atoms with van der Waals surface area (Å²) >= 11 is 3.00. The van der Waals surface area contributed by atoms with Gasteiger partial charge in [-0.2, -0.15) is 0 Å². The van der Waals surface area contributed by atoms with Crippen molar-refractivity contribution >= 4 is 45.7 Å². The SMILES string of the molecule is CC1CCc2nc(NC(=O)c3ccccc3SCC(=O)N3CCc4ccccc43)sc2C1. The number of rotatable bonds is 5. The van der Waals surface area contributed by atoms with Gasteiger partial charge in [-0.25, -0.2) is 4.98 Å². The fraction of sp³-hybridized carbons (Fsp3) is 0.320. The summed E-state index contributed by atoms with van der Waals surface area (Å²) in [4.78, 5) is 34.5. The lowest BCUT2D eigenvalue weighted by Crippen LogP contribution is -2.30. The van der Waals surface area contributed by atoms with E-state index in [1.165, 1.54) is 22.2 Å². The Morgan fingerprint density at radius 2 is 1.97 bits per heavy atom. The second-order valence-electron chi connectivity index (χ2n) is 8.40. The molecular formula is C25H25N3O2S2. The average Bonchev–Trinajstić information content (AvgIpc) is 3.41. The van der Waals surface area contributed by atoms with Crippen molar-refractivity contribution in [1.29, 1.82) is 0 Å². The monoisotopic (exact) mass is 463 g/mol. The minimum absolute atomic E-state index is 0.0666. The normalized spacial score (nSPS) is 17.0. The number of para-hydroxylation sites is 1. The third-order valence-corrected chi connectivity index (χ3v) is 8.17. The lowest BCUT2D eigenvalue weighted by atomic mass is 9.93. The molecule has 1 aliphatic carbocycles. The maximum Gasteiger partial charge on any atom is 0.258 e. The van der Waals surface area contributed by atoms with Gasteiger partial charge in [0.05, 0.1) is 17.0 Å². The minimum atomic E-state index is -0.175. The summed E-state index contributed by atoms with van der Waals surface area (Å²) in [5, 5.41) is 3.65. The van der Waals surface area contributed by atoms with Crippen LogP contribution in [0.4, 0.5) is 10.8 Å². The van der Waals surface area contributed by atoms with Gasteiger partial charge in [0, 0.05) is 22.0 Å². The number of hydrogen-bond acceptors (Lipinski definition) is 5. The first-order chi connectivity index (χ1) is 15.6. The van der Waals surface area contributed by atoms with E-state index < -0.39 is 0 Å². The van der Waals surface area contributed by atoms with E-state index in [-0.39, 0.29) is 11.8 Å². The average molecular weight is 464 g/mol. The predicted octanol–water partition coefficient (Wildman–Crippen LogP) is 5.20. The molecule has 5 rings (SSSR count). The highest BCUT2D eigenvalue weighted by molar-refractivity contribution is 8.00. The van der Waals surface area contributed by atoms with Gasteiger partial charge in [0.15, 0.2) is 5.13 Å². The van der Waals surface area contributed by atoms with Gasteiger partial charge in [0.25, 0.3) is 5.91 Å². The second kappa shape index (κ2) is 9.08. The Balaban J connectivity index is 1.26. The first-order valence-corrected chi connectivity index (χ1v) is 12.8. The standard InChI is InChI=1S/C25H25N3O2S2/c1-16-10-11-19-22(14-16)32-25(26-19)27-24(30)18-7-3-5-9-21(18)31-15-23(29)28-13-12-17-6-2-4-8-20(17)28/h2-9,16H,10-15H2,1H3,(H,26,27,30). The molecule has 0 radical (unpaired) electrons. The van der Waals surface area contributed by atoms with E-state index >= 15 is 0 Å². The highest BCUT2D eigenvalue weighted by atomic mass is 32.2. The molecule has 2 amide bonds. The number of thiazole rings is 1. The van der Waals surface area contributed by atoms with E-state index in [1.54, 1.807) is 11.3 Å². The molecule has 1 aliphatic heterocycles. The maximum absolute atomic E-state index is 13.0. The number of aromatic nitrogens is 1. The van der Waals surface area contributed by atoms with Crippen LogP contribution >= 0.6 is 23.1 Å². The number of benzene rings is 2. The van der Waals surface area contributed by atoms with Crippen LogP contribution in [0.25, 0.3) is 0 Å². The van der Waals surface area contributed by atoms with Crippen molar-refractivity contribution in [3.8, 4) is 0 Å². The van der Waals surface area contributed by atoms with E-state index in [4.69, 9.17) is 0 Å². The molecule has 5 nitrogen and oxygen atoms in total. The number of thioether (sulfide) groups is 1. The van der Waals surface area contributed by atoms with Gasteiger partial charge >= 0.3 is 0 Å². The van der Waals surface area contributed by atoms with Gasteiger partial charge in [-0.1, -0.05) is 37.3 Å². The molecule has 3 aromatic rings. The zero-order chi connectivity index (χ0) is 22.1. The van der Waals surface area contributed by atoms with E-state index in [9.17, 15) is 9.59 Å². The van der Waals surface area contributed by atoms with Gasteiger partial charge in [0.2, 0.25) is 5.91 Å². The Bertz CT molecular complexity index is 1170. The fourth-order valence-electron chi connectivity index (χ4n) is 4.35. The fourth-order valence-corrected chi connectivity index (χ4v) is 6.44. The molecule has 0 bridgehead atoms. The van der Waals surface area contributed by atoms with Gasteiger partial charge in [0.1, 0.15) is 0 Å². The first-order valence-electron chi connectivity index (χ1n) is 11.0. The van der Waals surface area contributed by atoms with Crippen molar-refractivity contribution in [2.75, 3.05) is 22.5 Å². The van der Waals surface area contributed by atoms with Crippen LogP contribution in [0, 0.1) is 5.92 Å². The number of hydrogen-bond donors (Lipinski definition) is 1. The molecule has 2 aromatic carbocycles. The largest absolute Gasteiger partial charge is 0.311 e. The predicted molar refractivity (Wildman–Crippen MR) is 131 cm³/mol. The lowest BCUT2D eigenvalue weighted by molar-refractivity contribution is -0.116. The van der Waals surface area contributed by atoms with Crippen LogP contribution in [0.2, 0.25) is 0 Å². The molecule has 0 spiro atoms. The molecule has 1 aromatic heterocycles. The number of carbonyl (C=O) groups excluding carboxylic acids is 2. The van der Waals surface area contributed by atoms with Crippen LogP contribution in [0.3, 0.4) is 0 Å². The summed E-state index contributed by atoms with van der Waals surface area (Å²) in [6.07, 6.45) is 4.06. The zero-order valence-corrected chi connectivity index (χ0v) is 19.6. The molecule has 2 aliphatic rings. The van der Waals surface area contributed by atoms with Crippen LogP contribution in [-0.2, 0) is 24.1 Å². The van der Waals surface area contributed by atoms with Gasteiger partial charge < -0.3 is 4.90 Å². The van der Waals surface area contributed by atoms with E-state index in [0.717, 1.165) is 42.0 Å². The van der Waals surface area contributed by atoms with E-state index in [2.05, 4.69) is 23.3 Å². The molecule has 1 atom stereocenters. The Morgan fingerprint density at radius 1 is 1.16 bits per heavy atom.